The molecule has 6 heteroatoms. The number of nitrogens with two attached hydrogens (primary N) is 1. The standard InChI is InChI=1S/C10H10ClN3O2/c1-16-8-3-5(11)2-6(9(8)15)7-4-13-10(12)14-7/h2-4,15H,1H3,(H3,12,13,14). The number of nitrogen functional groups attached to an aromatic ring is 1. The van der Waals surface area contributed by atoms with Crippen LogP contribution in [-0.4, -0.2) is 22.2 Å². The molecule has 1 heterocycles. The first kappa shape index (κ1) is 10.6. The summed E-state index contributed by atoms with van der Waals surface area (Å²) >= 11 is 5.90. The number of hydrogen-bond acceptors (Lipinski definition) is 4. The van der Waals surface area contributed by atoms with E-state index in [0.717, 1.165) is 0 Å². The number of nitrogens with zero attached hydrogens (tertiary/aromatic N) is 1. The van der Waals surface area contributed by atoms with Crippen molar-refractivity contribution in [2.24, 2.45) is 0 Å². The fourth-order valence-corrected chi connectivity index (χ4v) is 1.62. The van der Waals surface area contributed by atoms with E-state index in [1.54, 1.807) is 6.07 Å². The molecule has 0 aliphatic heterocycles. The lowest BCUT2D eigenvalue weighted by molar-refractivity contribution is 0.374. The van der Waals surface area contributed by atoms with E-state index in [1.807, 2.05) is 0 Å². The molecule has 4 N–H and O–H groups in total. The summed E-state index contributed by atoms with van der Waals surface area (Å²) in [5.41, 5.74) is 6.54. The third-order valence-corrected chi connectivity index (χ3v) is 2.36. The van der Waals surface area contributed by atoms with E-state index < -0.39 is 0 Å². The number of anilines is 1. The Morgan fingerprint density at radius 1 is 1.50 bits per heavy atom. The zero-order valence-corrected chi connectivity index (χ0v) is 9.25. The van der Waals surface area contributed by atoms with Crippen molar-refractivity contribution in [1.29, 1.82) is 0 Å². The number of aromatic nitrogens is 2. The van der Waals surface area contributed by atoms with Crippen LogP contribution >= 0.6 is 11.6 Å². The number of aromatic hydroxyl groups is 1. The molecular formula is C10H10ClN3O2. The van der Waals surface area contributed by atoms with Crippen molar-refractivity contribution < 1.29 is 9.84 Å². The Kier molecular flexibility index (Phi) is 2.62. The minimum absolute atomic E-state index is 0.00412. The van der Waals surface area contributed by atoms with Gasteiger partial charge in [-0.25, -0.2) is 4.98 Å². The van der Waals surface area contributed by atoms with Crippen LogP contribution in [0, 0.1) is 0 Å². The summed E-state index contributed by atoms with van der Waals surface area (Å²) in [6, 6.07) is 3.13. The molecule has 2 rings (SSSR count). The van der Waals surface area contributed by atoms with Gasteiger partial charge in [-0.15, -0.1) is 0 Å². The van der Waals surface area contributed by atoms with Gasteiger partial charge in [-0.3, -0.25) is 0 Å². The lowest BCUT2D eigenvalue weighted by Gasteiger charge is -2.08. The molecule has 0 bridgehead atoms. The SMILES string of the molecule is COc1cc(Cl)cc(-c2cnc(N)[nH]2)c1O. The summed E-state index contributed by atoms with van der Waals surface area (Å²) in [5.74, 6) is 0.569. The molecule has 0 fully saturated rings. The van der Waals surface area contributed by atoms with E-state index in [-0.39, 0.29) is 11.7 Å². The molecule has 84 valence electrons. The van der Waals surface area contributed by atoms with Crippen LogP contribution in [0.2, 0.25) is 5.02 Å². The van der Waals surface area contributed by atoms with Gasteiger partial charge in [0.1, 0.15) is 0 Å². The van der Waals surface area contributed by atoms with Crippen molar-refractivity contribution in [2.75, 3.05) is 12.8 Å². The van der Waals surface area contributed by atoms with E-state index >= 15 is 0 Å². The Bertz CT molecular complexity index is 525. The van der Waals surface area contributed by atoms with Gasteiger partial charge in [-0.05, 0) is 6.07 Å². The zero-order chi connectivity index (χ0) is 11.7. The van der Waals surface area contributed by atoms with Crippen molar-refractivity contribution in [3.8, 4) is 22.8 Å². The Morgan fingerprint density at radius 3 is 2.81 bits per heavy atom. The van der Waals surface area contributed by atoms with Gasteiger partial charge in [0.15, 0.2) is 17.4 Å². The number of imidazole rings is 1. The molecule has 0 saturated heterocycles. The number of aromatic amines is 1. The quantitative estimate of drug-likeness (QED) is 0.749. The van der Waals surface area contributed by atoms with Crippen molar-refractivity contribution in [2.45, 2.75) is 0 Å². The average molecular weight is 240 g/mol. The number of methoxy groups -OCH3 is 1. The highest BCUT2D eigenvalue weighted by Crippen LogP contribution is 2.39. The highest BCUT2D eigenvalue weighted by molar-refractivity contribution is 6.31. The number of phenols is 1. The molecular weight excluding hydrogens is 230 g/mol. The summed E-state index contributed by atoms with van der Waals surface area (Å²) < 4.78 is 4.99. The predicted molar refractivity (Wildman–Crippen MR) is 61.7 cm³/mol. The summed E-state index contributed by atoms with van der Waals surface area (Å²) in [6.07, 6.45) is 1.51. The monoisotopic (exact) mass is 239 g/mol. The number of nitrogens with one attached hydrogen (secondary N) is 1. The topological polar surface area (TPSA) is 84.2 Å². The number of H-pyrrole nitrogens is 1. The molecule has 16 heavy (non-hydrogen) atoms. The van der Waals surface area contributed by atoms with Crippen molar-refractivity contribution >= 4 is 17.5 Å². The molecule has 0 radical (unpaired) electrons. The van der Waals surface area contributed by atoms with Crippen molar-refractivity contribution in [3.05, 3.63) is 23.4 Å². The summed E-state index contributed by atoms with van der Waals surface area (Å²) in [6.45, 7) is 0. The van der Waals surface area contributed by atoms with E-state index in [9.17, 15) is 5.11 Å². The van der Waals surface area contributed by atoms with E-state index in [2.05, 4.69) is 9.97 Å². The highest BCUT2D eigenvalue weighted by atomic mass is 35.5. The van der Waals surface area contributed by atoms with Gasteiger partial charge in [0.25, 0.3) is 0 Å². The zero-order valence-electron chi connectivity index (χ0n) is 8.49. The number of rotatable bonds is 2. The van der Waals surface area contributed by atoms with Crippen LogP contribution in [0.3, 0.4) is 0 Å². The first-order valence-corrected chi connectivity index (χ1v) is 4.87. The smallest absolute Gasteiger partial charge is 0.197 e. The first-order valence-electron chi connectivity index (χ1n) is 4.49. The Balaban J connectivity index is 2.60. The van der Waals surface area contributed by atoms with Crippen LogP contribution in [0.1, 0.15) is 0 Å². The summed E-state index contributed by atoms with van der Waals surface area (Å²) in [7, 11) is 1.45. The summed E-state index contributed by atoms with van der Waals surface area (Å²) in [5, 5.41) is 10.4. The predicted octanol–water partition coefficient (Wildman–Crippen LogP) is 2.03. The van der Waals surface area contributed by atoms with Gasteiger partial charge < -0.3 is 20.6 Å². The van der Waals surface area contributed by atoms with Crippen molar-refractivity contribution in [3.63, 3.8) is 0 Å². The second kappa shape index (κ2) is 3.94. The highest BCUT2D eigenvalue weighted by Gasteiger charge is 2.13. The van der Waals surface area contributed by atoms with Gasteiger partial charge in [0, 0.05) is 16.7 Å². The largest absolute Gasteiger partial charge is 0.504 e. The second-order valence-electron chi connectivity index (χ2n) is 3.19. The number of phenolic OH excluding ortho intramolecular Hbond substituents is 1. The van der Waals surface area contributed by atoms with Gasteiger partial charge >= 0.3 is 0 Å². The Labute approximate surface area is 96.8 Å². The van der Waals surface area contributed by atoms with Crippen LogP contribution in [0.5, 0.6) is 11.5 Å². The maximum atomic E-state index is 9.90. The number of ether oxygens (including phenoxy) is 1. The van der Waals surface area contributed by atoms with Crippen LogP contribution in [0.4, 0.5) is 5.95 Å². The maximum Gasteiger partial charge on any atom is 0.197 e. The minimum atomic E-state index is -0.00412. The fraction of sp³-hybridized carbons (Fsp3) is 0.100. The molecule has 0 amide bonds. The number of benzene rings is 1. The normalized spacial score (nSPS) is 10.4. The molecule has 1 aromatic carbocycles. The molecule has 0 aliphatic rings. The summed E-state index contributed by atoms with van der Waals surface area (Å²) in [4.78, 5) is 6.65. The molecule has 5 nitrogen and oxygen atoms in total. The lowest BCUT2D eigenvalue weighted by atomic mass is 10.1. The Hall–Kier alpha value is -1.88. The first-order chi connectivity index (χ1) is 7.61. The van der Waals surface area contributed by atoms with Gasteiger partial charge in [0.05, 0.1) is 19.0 Å². The Morgan fingerprint density at radius 2 is 2.25 bits per heavy atom. The average Bonchev–Trinajstić information content (AvgIpc) is 2.67. The molecule has 2 aromatic rings. The fourth-order valence-electron chi connectivity index (χ4n) is 1.41. The minimum Gasteiger partial charge on any atom is -0.504 e. The van der Waals surface area contributed by atoms with E-state index in [0.29, 0.717) is 22.0 Å². The molecule has 0 aliphatic carbocycles. The third-order valence-electron chi connectivity index (χ3n) is 2.15. The van der Waals surface area contributed by atoms with Crippen LogP contribution in [-0.2, 0) is 0 Å². The molecule has 1 aromatic heterocycles. The van der Waals surface area contributed by atoms with Gasteiger partial charge in [0.2, 0.25) is 0 Å². The van der Waals surface area contributed by atoms with Gasteiger partial charge in [-0.2, -0.15) is 0 Å². The van der Waals surface area contributed by atoms with E-state index in [1.165, 1.54) is 19.4 Å². The number of halogens is 1. The van der Waals surface area contributed by atoms with Crippen LogP contribution in [0.25, 0.3) is 11.3 Å². The molecule has 0 atom stereocenters. The number of hydrogen-bond donors (Lipinski definition) is 3. The van der Waals surface area contributed by atoms with Crippen molar-refractivity contribution in [1.82, 2.24) is 9.97 Å². The van der Waals surface area contributed by atoms with Crippen LogP contribution < -0.4 is 10.5 Å². The van der Waals surface area contributed by atoms with Crippen LogP contribution in [0.15, 0.2) is 18.3 Å². The third kappa shape index (κ3) is 1.77. The molecule has 0 spiro atoms. The maximum absolute atomic E-state index is 9.90. The van der Waals surface area contributed by atoms with E-state index in [4.69, 9.17) is 22.1 Å². The molecule has 0 unspecified atom stereocenters. The van der Waals surface area contributed by atoms with Gasteiger partial charge in [-0.1, -0.05) is 11.6 Å². The molecule has 0 saturated carbocycles. The lowest BCUT2D eigenvalue weighted by Crippen LogP contribution is -1.88. The second-order valence-corrected chi connectivity index (χ2v) is 3.62.